The lowest BCUT2D eigenvalue weighted by Gasteiger charge is -1.92. The second-order valence-electron chi connectivity index (χ2n) is 3.09. The predicted molar refractivity (Wildman–Crippen MR) is 63.0 cm³/mol. The Morgan fingerprint density at radius 3 is 2.80 bits per heavy atom. The standard InChI is InChI=1S/C12H11NOS/c14-8-4-7-11-9-13-12(15-11)10-5-2-1-3-6-10/h1-6,8-9,14H,7H2. The van der Waals surface area contributed by atoms with E-state index in [0.29, 0.717) is 0 Å². The summed E-state index contributed by atoms with van der Waals surface area (Å²) in [5.74, 6) is 0. The van der Waals surface area contributed by atoms with Gasteiger partial charge in [0.1, 0.15) is 5.01 Å². The number of hydrogen-bond donors (Lipinski definition) is 1. The zero-order chi connectivity index (χ0) is 10.5. The maximum Gasteiger partial charge on any atom is 0.123 e. The van der Waals surface area contributed by atoms with Crippen molar-refractivity contribution >= 4 is 11.3 Å². The lowest BCUT2D eigenvalue weighted by atomic mass is 10.2. The molecule has 0 bridgehead atoms. The molecule has 2 aromatic rings. The molecule has 1 aromatic heterocycles. The fourth-order valence-corrected chi connectivity index (χ4v) is 2.18. The van der Waals surface area contributed by atoms with Crippen molar-refractivity contribution in [2.75, 3.05) is 0 Å². The number of allylic oxidation sites excluding steroid dienone is 1. The largest absolute Gasteiger partial charge is 0.516 e. The lowest BCUT2D eigenvalue weighted by Crippen LogP contribution is -1.71. The van der Waals surface area contributed by atoms with Gasteiger partial charge in [0.2, 0.25) is 0 Å². The molecule has 3 heteroatoms. The third-order valence-corrected chi connectivity index (χ3v) is 3.07. The topological polar surface area (TPSA) is 33.1 Å². The average Bonchev–Trinajstić information content (AvgIpc) is 2.76. The number of rotatable bonds is 3. The molecule has 1 heterocycles. The highest BCUT2D eigenvalue weighted by Crippen LogP contribution is 2.24. The molecule has 0 saturated carbocycles. The van der Waals surface area contributed by atoms with Crippen molar-refractivity contribution in [2.45, 2.75) is 6.42 Å². The molecule has 0 fully saturated rings. The van der Waals surface area contributed by atoms with Gasteiger partial charge in [0.15, 0.2) is 0 Å². The maximum atomic E-state index is 8.56. The number of aromatic nitrogens is 1. The molecule has 0 amide bonds. The Kier molecular flexibility index (Phi) is 3.15. The van der Waals surface area contributed by atoms with Gasteiger partial charge >= 0.3 is 0 Å². The Morgan fingerprint density at radius 1 is 1.27 bits per heavy atom. The van der Waals surface area contributed by atoms with Gasteiger partial charge in [-0.25, -0.2) is 4.98 Å². The van der Waals surface area contributed by atoms with E-state index in [1.165, 1.54) is 0 Å². The molecular weight excluding hydrogens is 206 g/mol. The molecule has 0 aliphatic rings. The Morgan fingerprint density at radius 2 is 2.07 bits per heavy atom. The first-order valence-corrected chi connectivity index (χ1v) is 5.51. The van der Waals surface area contributed by atoms with Crippen LogP contribution in [0, 0.1) is 0 Å². The van der Waals surface area contributed by atoms with Crippen LogP contribution in [0.25, 0.3) is 10.6 Å². The highest BCUT2D eigenvalue weighted by Gasteiger charge is 2.02. The van der Waals surface area contributed by atoms with E-state index in [9.17, 15) is 0 Å². The zero-order valence-electron chi connectivity index (χ0n) is 8.13. The van der Waals surface area contributed by atoms with Crippen molar-refractivity contribution in [3.63, 3.8) is 0 Å². The summed E-state index contributed by atoms with van der Waals surface area (Å²) in [5.41, 5.74) is 1.14. The van der Waals surface area contributed by atoms with E-state index < -0.39 is 0 Å². The van der Waals surface area contributed by atoms with Crippen molar-refractivity contribution in [3.8, 4) is 10.6 Å². The van der Waals surface area contributed by atoms with E-state index in [1.54, 1.807) is 17.4 Å². The molecule has 2 nitrogen and oxygen atoms in total. The number of benzene rings is 1. The molecule has 0 aliphatic heterocycles. The molecule has 0 radical (unpaired) electrons. The van der Waals surface area contributed by atoms with Crippen LogP contribution in [-0.2, 0) is 6.42 Å². The molecule has 2 rings (SSSR count). The second-order valence-corrected chi connectivity index (χ2v) is 4.20. The highest BCUT2D eigenvalue weighted by atomic mass is 32.1. The summed E-state index contributed by atoms with van der Waals surface area (Å²) < 4.78 is 0. The summed E-state index contributed by atoms with van der Waals surface area (Å²) >= 11 is 1.65. The molecular formula is C12H11NOS. The maximum absolute atomic E-state index is 8.56. The fraction of sp³-hybridized carbons (Fsp3) is 0.0833. The van der Waals surface area contributed by atoms with Crippen molar-refractivity contribution < 1.29 is 5.11 Å². The van der Waals surface area contributed by atoms with Gasteiger partial charge in [0.05, 0.1) is 6.26 Å². The monoisotopic (exact) mass is 217 g/mol. The van der Waals surface area contributed by atoms with Gasteiger partial charge in [-0.2, -0.15) is 0 Å². The minimum absolute atomic E-state index is 0.737. The average molecular weight is 217 g/mol. The van der Waals surface area contributed by atoms with Crippen molar-refractivity contribution in [1.82, 2.24) is 4.98 Å². The van der Waals surface area contributed by atoms with Gasteiger partial charge in [-0.05, 0) is 6.08 Å². The minimum atomic E-state index is 0.737. The number of nitrogens with zero attached hydrogens (tertiary/aromatic N) is 1. The third-order valence-electron chi connectivity index (χ3n) is 2.00. The van der Waals surface area contributed by atoms with Crippen molar-refractivity contribution in [2.24, 2.45) is 0 Å². The minimum Gasteiger partial charge on any atom is -0.516 e. The van der Waals surface area contributed by atoms with Crippen LogP contribution in [0.3, 0.4) is 0 Å². The summed E-state index contributed by atoms with van der Waals surface area (Å²) in [5, 5.41) is 9.58. The highest BCUT2D eigenvalue weighted by molar-refractivity contribution is 7.15. The molecule has 0 unspecified atom stereocenters. The number of aliphatic hydroxyl groups is 1. The van der Waals surface area contributed by atoms with Crippen LogP contribution < -0.4 is 0 Å². The molecule has 0 saturated heterocycles. The second kappa shape index (κ2) is 4.75. The van der Waals surface area contributed by atoms with E-state index in [0.717, 1.165) is 28.1 Å². The molecule has 0 atom stereocenters. The fourth-order valence-electron chi connectivity index (χ4n) is 1.28. The zero-order valence-corrected chi connectivity index (χ0v) is 8.95. The first kappa shape index (κ1) is 9.93. The number of aliphatic hydroxyl groups excluding tert-OH is 1. The van der Waals surface area contributed by atoms with Crippen LogP contribution in [-0.4, -0.2) is 10.1 Å². The third kappa shape index (κ3) is 2.44. The smallest absolute Gasteiger partial charge is 0.123 e. The Hall–Kier alpha value is -1.61. The van der Waals surface area contributed by atoms with Crippen LogP contribution in [0.5, 0.6) is 0 Å². The summed E-state index contributed by atoms with van der Waals surface area (Å²) in [4.78, 5) is 5.49. The molecule has 1 N–H and O–H groups in total. The molecule has 1 aromatic carbocycles. The van der Waals surface area contributed by atoms with E-state index in [1.807, 2.05) is 36.5 Å². The number of hydrogen-bond acceptors (Lipinski definition) is 3. The Balaban J connectivity index is 2.20. The number of thiazole rings is 1. The van der Waals surface area contributed by atoms with Gasteiger partial charge in [-0.1, -0.05) is 30.3 Å². The summed E-state index contributed by atoms with van der Waals surface area (Å²) in [6.07, 6.45) is 5.37. The molecule has 0 aliphatic carbocycles. The molecule has 76 valence electrons. The van der Waals surface area contributed by atoms with Crippen LogP contribution in [0.2, 0.25) is 0 Å². The SMILES string of the molecule is OC=CCc1cnc(-c2ccccc2)s1. The Labute approximate surface area is 92.5 Å². The Bertz CT molecular complexity index is 448. The van der Waals surface area contributed by atoms with Gasteiger partial charge in [0, 0.05) is 23.1 Å². The summed E-state index contributed by atoms with van der Waals surface area (Å²) in [6.45, 7) is 0. The van der Waals surface area contributed by atoms with E-state index in [-0.39, 0.29) is 0 Å². The van der Waals surface area contributed by atoms with Gasteiger partial charge in [-0.15, -0.1) is 11.3 Å². The van der Waals surface area contributed by atoms with Gasteiger partial charge < -0.3 is 5.11 Å². The van der Waals surface area contributed by atoms with Crippen LogP contribution in [0.4, 0.5) is 0 Å². The van der Waals surface area contributed by atoms with E-state index in [2.05, 4.69) is 4.98 Å². The van der Waals surface area contributed by atoms with Gasteiger partial charge in [0.25, 0.3) is 0 Å². The molecule has 15 heavy (non-hydrogen) atoms. The quantitative estimate of drug-likeness (QED) is 0.799. The van der Waals surface area contributed by atoms with Crippen molar-refractivity contribution in [1.29, 1.82) is 0 Å². The normalized spacial score (nSPS) is 10.9. The summed E-state index contributed by atoms with van der Waals surface area (Å²) in [6, 6.07) is 10.1. The summed E-state index contributed by atoms with van der Waals surface area (Å²) in [7, 11) is 0. The van der Waals surface area contributed by atoms with E-state index in [4.69, 9.17) is 5.11 Å². The van der Waals surface area contributed by atoms with Gasteiger partial charge in [-0.3, -0.25) is 0 Å². The van der Waals surface area contributed by atoms with Crippen LogP contribution in [0.15, 0.2) is 48.9 Å². The van der Waals surface area contributed by atoms with Crippen LogP contribution in [0.1, 0.15) is 4.88 Å². The van der Waals surface area contributed by atoms with Crippen LogP contribution >= 0.6 is 11.3 Å². The predicted octanol–water partition coefficient (Wildman–Crippen LogP) is 3.42. The molecule has 0 spiro atoms. The van der Waals surface area contributed by atoms with Crippen molar-refractivity contribution in [3.05, 3.63) is 53.7 Å². The van der Waals surface area contributed by atoms with E-state index >= 15 is 0 Å². The first-order chi connectivity index (χ1) is 7.40. The first-order valence-electron chi connectivity index (χ1n) is 4.69. The lowest BCUT2D eigenvalue weighted by molar-refractivity contribution is 0.471.